The molecule has 1 atom stereocenters. The Labute approximate surface area is 131 Å². The SMILES string of the molecule is OSc1ccc(O[C@@H]2CCc3c(Cl)cc(Cl)cc32)cc1. The van der Waals surface area contributed by atoms with Crippen molar-refractivity contribution < 1.29 is 9.29 Å². The standard InChI is InChI=1S/C15H12Cl2O2S/c16-9-7-13-12(14(17)8-9)5-6-15(13)19-10-1-3-11(20-18)4-2-10/h1-4,7-8,15,18H,5-6H2/t15-/m1/s1. The lowest BCUT2D eigenvalue weighted by atomic mass is 10.1. The van der Waals surface area contributed by atoms with Crippen molar-refractivity contribution in [2.45, 2.75) is 23.8 Å². The Morgan fingerprint density at radius 1 is 1.15 bits per heavy atom. The number of ether oxygens (including phenoxy) is 1. The van der Waals surface area contributed by atoms with Gasteiger partial charge in [0.2, 0.25) is 0 Å². The van der Waals surface area contributed by atoms with Gasteiger partial charge in [-0.25, -0.2) is 0 Å². The summed E-state index contributed by atoms with van der Waals surface area (Å²) in [5.74, 6) is 0.775. The molecule has 0 unspecified atom stereocenters. The summed E-state index contributed by atoms with van der Waals surface area (Å²) < 4.78 is 15.0. The zero-order chi connectivity index (χ0) is 14.1. The molecule has 3 rings (SSSR count). The zero-order valence-electron chi connectivity index (χ0n) is 10.5. The molecule has 2 aromatic carbocycles. The van der Waals surface area contributed by atoms with Gasteiger partial charge in [0, 0.05) is 27.0 Å². The van der Waals surface area contributed by atoms with Gasteiger partial charge in [-0.1, -0.05) is 23.2 Å². The van der Waals surface area contributed by atoms with Crippen LogP contribution in [0.5, 0.6) is 5.75 Å². The van der Waals surface area contributed by atoms with Gasteiger partial charge in [0.15, 0.2) is 0 Å². The molecule has 0 saturated carbocycles. The Bertz CT molecular complexity index is 629. The monoisotopic (exact) mass is 326 g/mol. The smallest absolute Gasteiger partial charge is 0.124 e. The van der Waals surface area contributed by atoms with Crippen LogP contribution in [0, 0.1) is 0 Å². The third-order valence-electron chi connectivity index (χ3n) is 3.41. The molecule has 2 aromatic rings. The average Bonchev–Trinajstić information content (AvgIpc) is 2.83. The van der Waals surface area contributed by atoms with E-state index in [0.29, 0.717) is 10.0 Å². The highest BCUT2D eigenvalue weighted by molar-refractivity contribution is 7.93. The van der Waals surface area contributed by atoms with E-state index in [9.17, 15) is 0 Å². The van der Waals surface area contributed by atoms with E-state index < -0.39 is 0 Å². The first-order chi connectivity index (χ1) is 9.67. The van der Waals surface area contributed by atoms with Crippen LogP contribution in [-0.2, 0) is 6.42 Å². The van der Waals surface area contributed by atoms with Gasteiger partial charge in [-0.15, -0.1) is 0 Å². The number of rotatable bonds is 3. The molecule has 0 bridgehead atoms. The Kier molecular flexibility index (Phi) is 4.13. The third kappa shape index (κ3) is 2.77. The highest BCUT2D eigenvalue weighted by Crippen LogP contribution is 2.40. The van der Waals surface area contributed by atoms with E-state index in [-0.39, 0.29) is 6.10 Å². The van der Waals surface area contributed by atoms with Gasteiger partial charge in [-0.2, -0.15) is 0 Å². The van der Waals surface area contributed by atoms with E-state index in [4.69, 9.17) is 32.5 Å². The molecule has 5 heteroatoms. The van der Waals surface area contributed by atoms with Crippen LogP contribution >= 0.6 is 35.2 Å². The summed E-state index contributed by atoms with van der Waals surface area (Å²) >= 11 is 13.0. The van der Waals surface area contributed by atoms with Crippen LogP contribution in [0.15, 0.2) is 41.3 Å². The average molecular weight is 327 g/mol. The van der Waals surface area contributed by atoms with Crippen LogP contribution in [0.2, 0.25) is 10.0 Å². The second kappa shape index (κ2) is 5.86. The third-order valence-corrected chi connectivity index (χ3v) is 4.44. The summed E-state index contributed by atoms with van der Waals surface area (Å²) in [5, 5.41) is 1.35. The topological polar surface area (TPSA) is 29.5 Å². The molecule has 104 valence electrons. The molecule has 0 amide bonds. The molecule has 0 heterocycles. The minimum absolute atomic E-state index is 0.0196. The Hall–Kier alpha value is -0.870. The zero-order valence-corrected chi connectivity index (χ0v) is 12.8. The molecular formula is C15H12Cl2O2S. The van der Waals surface area contributed by atoms with E-state index in [1.807, 2.05) is 30.3 Å². The second-order valence-corrected chi connectivity index (χ2v) is 6.16. The lowest BCUT2D eigenvalue weighted by molar-refractivity contribution is 0.207. The largest absolute Gasteiger partial charge is 0.486 e. The van der Waals surface area contributed by atoms with E-state index in [1.54, 1.807) is 6.07 Å². The van der Waals surface area contributed by atoms with Gasteiger partial charge in [0.25, 0.3) is 0 Å². The van der Waals surface area contributed by atoms with Gasteiger partial charge in [0.05, 0.1) is 0 Å². The van der Waals surface area contributed by atoms with Crippen molar-refractivity contribution in [1.82, 2.24) is 0 Å². The van der Waals surface area contributed by atoms with E-state index in [0.717, 1.165) is 46.7 Å². The Balaban J connectivity index is 1.84. The maximum Gasteiger partial charge on any atom is 0.124 e. The minimum Gasteiger partial charge on any atom is -0.486 e. The molecule has 1 aliphatic carbocycles. The molecule has 20 heavy (non-hydrogen) atoms. The van der Waals surface area contributed by atoms with Gasteiger partial charge in [-0.3, -0.25) is 0 Å². The molecule has 1 aliphatic rings. The van der Waals surface area contributed by atoms with Crippen molar-refractivity contribution in [1.29, 1.82) is 0 Å². The molecule has 0 aromatic heterocycles. The van der Waals surface area contributed by atoms with E-state index in [1.165, 1.54) is 0 Å². The summed E-state index contributed by atoms with van der Waals surface area (Å²) in [4.78, 5) is 0.787. The molecular weight excluding hydrogens is 315 g/mol. The predicted molar refractivity (Wildman–Crippen MR) is 83.1 cm³/mol. The lowest BCUT2D eigenvalue weighted by Gasteiger charge is -2.15. The summed E-state index contributed by atoms with van der Waals surface area (Å²) in [7, 11) is 0. The number of hydrogen-bond acceptors (Lipinski definition) is 3. The summed E-state index contributed by atoms with van der Waals surface area (Å²) in [6.45, 7) is 0. The Morgan fingerprint density at radius 2 is 1.90 bits per heavy atom. The molecule has 0 aliphatic heterocycles. The van der Waals surface area contributed by atoms with Crippen LogP contribution < -0.4 is 4.74 Å². The van der Waals surface area contributed by atoms with Gasteiger partial charge >= 0.3 is 0 Å². The number of hydrogen-bond donors (Lipinski definition) is 1. The first kappa shape index (κ1) is 14.1. The highest BCUT2D eigenvalue weighted by atomic mass is 35.5. The van der Waals surface area contributed by atoms with Crippen LogP contribution in [0.3, 0.4) is 0 Å². The van der Waals surface area contributed by atoms with Crippen LogP contribution in [-0.4, -0.2) is 4.55 Å². The normalized spacial score (nSPS) is 17.1. The van der Waals surface area contributed by atoms with Crippen molar-refractivity contribution in [2.75, 3.05) is 0 Å². The highest BCUT2D eigenvalue weighted by Gasteiger charge is 2.26. The first-order valence-electron chi connectivity index (χ1n) is 6.23. The minimum atomic E-state index is -0.0196. The quantitative estimate of drug-likeness (QED) is 0.741. The van der Waals surface area contributed by atoms with Crippen molar-refractivity contribution in [3.05, 3.63) is 57.6 Å². The molecule has 0 spiro atoms. The van der Waals surface area contributed by atoms with E-state index >= 15 is 0 Å². The fourth-order valence-electron chi connectivity index (χ4n) is 2.47. The Morgan fingerprint density at radius 3 is 2.60 bits per heavy atom. The lowest BCUT2D eigenvalue weighted by Crippen LogP contribution is -2.03. The van der Waals surface area contributed by atoms with Crippen molar-refractivity contribution in [3.8, 4) is 5.75 Å². The summed E-state index contributed by atoms with van der Waals surface area (Å²) in [6, 6.07) is 11.0. The van der Waals surface area contributed by atoms with Gasteiger partial charge in [0.1, 0.15) is 11.9 Å². The van der Waals surface area contributed by atoms with Gasteiger partial charge in [-0.05, 0) is 60.4 Å². The first-order valence-corrected chi connectivity index (χ1v) is 7.76. The van der Waals surface area contributed by atoms with E-state index in [2.05, 4.69) is 0 Å². The van der Waals surface area contributed by atoms with Crippen molar-refractivity contribution in [2.24, 2.45) is 0 Å². The second-order valence-electron chi connectivity index (χ2n) is 4.66. The van der Waals surface area contributed by atoms with Crippen LogP contribution in [0.4, 0.5) is 0 Å². The molecule has 0 saturated heterocycles. The van der Waals surface area contributed by atoms with Crippen molar-refractivity contribution in [3.63, 3.8) is 0 Å². The summed E-state index contributed by atoms with van der Waals surface area (Å²) in [6.07, 6.45) is 1.78. The predicted octanol–water partition coefficient (Wildman–Crippen LogP) is 5.62. The number of benzene rings is 2. The molecule has 2 nitrogen and oxygen atoms in total. The maximum absolute atomic E-state index is 8.95. The van der Waals surface area contributed by atoms with Crippen molar-refractivity contribution >= 4 is 35.2 Å². The fourth-order valence-corrected chi connectivity index (χ4v) is 3.33. The number of fused-ring (bicyclic) bond motifs is 1. The van der Waals surface area contributed by atoms with Crippen LogP contribution in [0.1, 0.15) is 23.7 Å². The summed E-state index contributed by atoms with van der Waals surface area (Å²) in [5.41, 5.74) is 2.20. The maximum atomic E-state index is 8.95. The molecule has 1 N–H and O–H groups in total. The van der Waals surface area contributed by atoms with Gasteiger partial charge < -0.3 is 9.29 Å². The molecule has 0 fully saturated rings. The van der Waals surface area contributed by atoms with Crippen LogP contribution in [0.25, 0.3) is 0 Å². The fraction of sp³-hybridized carbons (Fsp3) is 0.200. The molecule has 0 radical (unpaired) electrons. The number of halogens is 2.